The van der Waals surface area contributed by atoms with Crippen molar-refractivity contribution in [1.29, 1.82) is 0 Å². The van der Waals surface area contributed by atoms with E-state index in [1.165, 1.54) is 0 Å². The zero-order valence-corrected chi connectivity index (χ0v) is 17.9. The average Bonchev–Trinajstić information content (AvgIpc) is 2.84. The Morgan fingerprint density at radius 1 is 0.935 bits per heavy atom. The molecule has 2 saturated heterocycles. The predicted molar refractivity (Wildman–Crippen MR) is 124 cm³/mol. The number of hydrogen-bond donors (Lipinski definition) is 1. The Kier molecular flexibility index (Phi) is 5.89. The van der Waals surface area contributed by atoms with Gasteiger partial charge in [-0.3, -0.25) is 0 Å². The van der Waals surface area contributed by atoms with E-state index in [1.807, 2.05) is 18.2 Å². The van der Waals surface area contributed by atoms with Crippen molar-refractivity contribution in [3.63, 3.8) is 0 Å². The quantitative estimate of drug-likeness (QED) is 0.669. The second-order valence-corrected chi connectivity index (χ2v) is 8.56. The largest absolute Gasteiger partial charge is 0.452 e. The van der Waals surface area contributed by atoms with Crippen LogP contribution in [0.2, 0.25) is 0 Å². The number of pyridine rings is 2. The van der Waals surface area contributed by atoms with Crippen molar-refractivity contribution in [1.82, 2.24) is 9.97 Å². The number of aliphatic hydroxyl groups excluding tert-OH is 1. The normalized spacial score (nSPS) is 20.2. The molecule has 1 aromatic carbocycles. The van der Waals surface area contributed by atoms with Gasteiger partial charge < -0.3 is 19.6 Å². The highest BCUT2D eigenvalue weighted by Crippen LogP contribution is 2.33. The lowest BCUT2D eigenvalue weighted by Crippen LogP contribution is -2.44. The van der Waals surface area contributed by atoms with E-state index in [2.05, 4.69) is 45.1 Å². The fourth-order valence-electron chi connectivity index (χ4n) is 4.70. The van der Waals surface area contributed by atoms with E-state index >= 15 is 0 Å². The third kappa shape index (κ3) is 4.30. The van der Waals surface area contributed by atoms with Gasteiger partial charge in [0.2, 0.25) is 5.88 Å². The molecule has 162 valence electrons. The molecule has 3 aromatic rings. The van der Waals surface area contributed by atoms with Gasteiger partial charge in [-0.15, -0.1) is 0 Å². The predicted octanol–water partition coefficient (Wildman–Crippen LogP) is 4.23. The molecule has 0 aliphatic carbocycles. The number of fused-ring (bicyclic) bond motifs is 1. The molecule has 2 aliphatic rings. The minimum absolute atomic E-state index is 0.0777. The van der Waals surface area contributed by atoms with Crippen LogP contribution in [0.15, 0.2) is 54.7 Å². The first kappa shape index (κ1) is 20.1. The molecular formula is C25H30N4O2. The van der Waals surface area contributed by atoms with Crippen molar-refractivity contribution < 1.29 is 9.84 Å². The van der Waals surface area contributed by atoms with E-state index < -0.39 is 0 Å². The van der Waals surface area contributed by atoms with Crippen molar-refractivity contribution in [2.45, 2.75) is 38.3 Å². The van der Waals surface area contributed by atoms with Gasteiger partial charge in [-0.1, -0.05) is 18.2 Å². The molecule has 1 unspecified atom stereocenters. The van der Waals surface area contributed by atoms with E-state index in [4.69, 9.17) is 9.72 Å². The van der Waals surface area contributed by atoms with Gasteiger partial charge in [0.15, 0.2) is 6.23 Å². The van der Waals surface area contributed by atoms with Gasteiger partial charge >= 0.3 is 0 Å². The Labute approximate surface area is 183 Å². The number of rotatable bonds is 5. The van der Waals surface area contributed by atoms with Crippen molar-refractivity contribution >= 4 is 22.4 Å². The number of para-hydroxylation sites is 1. The lowest BCUT2D eigenvalue weighted by molar-refractivity contribution is 0.157. The van der Waals surface area contributed by atoms with Gasteiger partial charge in [0.05, 0.1) is 11.2 Å². The molecule has 31 heavy (non-hydrogen) atoms. The fraction of sp³-hybridized carbons (Fsp3) is 0.440. The molecule has 0 spiro atoms. The zero-order valence-electron chi connectivity index (χ0n) is 17.9. The third-order valence-electron chi connectivity index (χ3n) is 6.54. The summed E-state index contributed by atoms with van der Waals surface area (Å²) in [5, 5.41) is 10.6. The SMILES string of the molecule is OCC1CCN(c2cccnc2OC2CCCCN2c2ccc3ccccc3n2)CC1. The highest BCUT2D eigenvalue weighted by molar-refractivity contribution is 5.80. The fourth-order valence-corrected chi connectivity index (χ4v) is 4.70. The van der Waals surface area contributed by atoms with Crippen LogP contribution in [-0.2, 0) is 0 Å². The van der Waals surface area contributed by atoms with Crippen LogP contribution < -0.4 is 14.5 Å². The molecule has 0 saturated carbocycles. The van der Waals surface area contributed by atoms with Crippen molar-refractivity contribution in [3.05, 3.63) is 54.7 Å². The molecule has 2 fully saturated rings. The van der Waals surface area contributed by atoms with Crippen LogP contribution in [0, 0.1) is 5.92 Å². The Morgan fingerprint density at radius 2 is 1.81 bits per heavy atom. The first-order chi connectivity index (χ1) is 15.3. The lowest BCUT2D eigenvalue weighted by Gasteiger charge is -2.38. The third-order valence-corrected chi connectivity index (χ3v) is 6.54. The summed E-state index contributed by atoms with van der Waals surface area (Å²) in [5.41, 5.74) is 2.06. The van der Waals surface area contributed by atoms with Crippen molar-refractivity contribution in [2.24, 2.45) is 5.92 Å². The molecule has 6 heteroatoms. The highest BCUT2D eigenvalue weighted by atomic mass is 16.5. The van der Waals surface area contributed by atoms with E-state index in [0.717, 1.165) is 74.1 Å². The van der Waals surface area contributed by atoms with Crippen LogP contribution in [-0.4, -0.2) is 47.5 Å². The summed E-state index contributed by atoms with van der Waals surface area (Å²) >= 11 is 0. The summed E-state index contributed by atoms with van der Waals surface area (Å²) in [7, 11) is 0. The number of benzene rings is 1. The maximum atomic E-state index is 9.46. The summed E-state index contributed by atoms with van der Waals surface area (Å²) in [4.78, 5) is 14.1. The Balaban J connectivity index is 1.38. The molecule has 6 nitrogen and oxygen atoms in total. The summed E-state index contributed by atoms with van der Waals surface area (Å²) < 4.78 is 6.56. The van der Waals surface area contributed by atoms with Crippen molar-refractivity contribution in [2.75, 3.05) is 36.0 Å². The minimum Gasteiger partial charge on any atom is -0.452 e. The summed E-state index contributed by atoms with van der Waals surface area (Å²) in [5.74, 6) is 2.07. The van der Waals surface area contributed by atoms with E-state index in [-0.39, 0.29) is 12.8 Å². The standard InChI is InChI=1S/C25H30N4O2/c30-18-19-12-16-28(17-13-19)22-8-5-14-26-25(22)31-24-9-3-4-15-29(24)23-11-10-20-6-1-2-7-21(20)27-23/h1-2,5-8,10-11,14,19,24,30H,3-4,9,12-13,15-18H2. The average molecular weight is 419 g/mol. The number of aromatic nitrogens is 2. The number of anilines is 2. The van der Waals surface area contributed by atoms with Crippen molar-refractivity contribution in [3.8, 4) is 5.88 Å². The maximum Gasteiger partial charge on any atom is 0.239 e. The van der Waals surface area contributed by atoms with Crippen LogP contribution >= 0.6 is 0 Å². The monoisotopic (exact) mass is 418 g/mol. The molecule has 0 radical (unpaired) electrons. The number of ether oxygens (including phenoxy) is 1. The van der Waals surface area contributed by atoms with Crippen LogP contribution in [0.3, 0.4) is 0 Å². The lowest BCUT2D eigenvalue weighted by atomic mass is 9.97. The Hall–Kier alpha value is -2.86. The van der Waals surface area contributed by atoms with Gasteiger partial charge in [-0.05, 0) is 61.9 Å². The van der Waals surface area contributed by atoms with E-state index in [1.54, 1.807) is 6.20 Å². The van der Waals surface area contributed by atoms with Gasteiger partial charge in [0.1, 0.15) is 5.82 Å². The molecule has 5 rings (SSSR count). The molecule has 0 amide bonds. The minimum atomic E-state index is -0.0777. The number of piperidine rings is 2. The molecule has 2 aromatic heterocycles. The molecule has 1 atom stereocenters. The summed E-state index contributed by atoms with van der Waals surface area (Å²) in [6.07, 6.45) is 6.96. The molecule has 1 N–H and O–H groups in total. The van der Waals surface area contributed by atoms with Gasteiger partial charge in [0.25, 0.3) is 0 Å². The van der Waals surface area contributed by atoms with Crippen LogP contribution in [0.25, 0.3) is 10.9 Å². The van der Waals surface area contributed by atoms with E-state index in [0.29, 0.717) is 11.8 Å². The first-order valence-corrected chi connectivity index (χ1v) is 11.4. The van der Waals surface area contributed by atoms with E-state index in [9.17, 15) is 5.11 Å². The van der Waals surface area contributed by atoms with Crippen LogP contribution in [0.4, 0.5) is 11.5 Å². The highest BCUT2D eigenvalue weighted by Gasteiger charge is 2.28. The van der Waals surface area contributed by atoms with Gasteiger partial charge in [-0.25, -0.2) is 9.97 Å². The topological polar surface area (TPSA) is 61.7 Å². The molecule has 2 aliphatic heterocycles. The Bertz CT molecular complexity index is 1020. The maximum absolute atomic E-state index is 9.46. The zero-order chi connectivity index (χ0) is 21.0. The van der Waals surface area contributed by atoms with Gasteiger partial charge in [0, 0.05) is 44.2 Å². The number of nitrogens with zero attached hydrogens (tertiary/aromatic N) is 4. The summed E-state index contributed by atoms with van der Waals surface area (Å²) in [6, 6.07) is 16.5. The number of hydrogen-bond acceptors (Lipinski definition) is 6. The first-order valence-electron chi connectivity index (χ1n) is 11.4. The van der Waals surface area contributed by atoms with Crippen LogP contribution in [0.5, 0.6) is 5.88 Å². The smallest absolute Gasteiger partial charge is 0.239 e. The Morgan fingerprint density at radius 3 is 2.68 bits per heavy atom. The van der Waals surface area contributed by atoms with Gasteiger partial charge in [-0.2, -0.15) is 0 Å². The number of aliphatic hydroxyl groups is 1. The summed E-state index contributed by atoms with van der Waals surface area (Å²) in [6.45, 7) is 3.06. The second kappa shape index (κ2) is 9.10. The molecule has 4 heterocycles. The second-order valence-electron chi connectivity index (χ2n) is 8.56. The molecular weight excluding hydrogens is 388 g/mol. The molecule has 0 bridgehead atoms. The van der Waals surface area contributed by atoms with Crippen LogP contribution in [0.1, 0.15) is 32.1 Å².